The summed E-state index contributed by atoms with van der Waals surface area (Å²) in [4.78, 5) is 13.4. The molecule has 0 heterocycles. The fraction of sp³-hybridized carbons (Fsp3) is 1.00. The number of hydrogen-bond acceptors (Lipinski definition) is 4. The molecule has 0 saturated heterocycles. The molecule has 1 saturated carbocycles. The smallest absolute Gasteiger partial charge is 0.296 e. The Hall–Kier alpha value is -0.840. The van der Waals surface area contributed by atoms with E-state index in [2.05, 4.69) is 4.84 Å². The van der Waals surface area contributed by atoms with Crippen LogP contribution in [0.25, 0.3) is 0 Å². The molecule has 0 aromatic heterocycles. The van der Waals surface area contributed by atoms with E-state index in [4.69, 9.17) is 4.74 Å². The van der Waals surface area contributed by atoms with E-state index in [0.717, 1.165) is 12.8 Å². The Labute approximate surface area is 51.7 Å². The SMILES string of the molecule is O=[N+]([O-])OCOC1CC1. The first-order valence-electron chi connectivity index (χ1n) is 2.68. The average Bonchev–Trinajstić information content (AvgIpc) is 2.48. The van der Waals surface area contributed by atoms with Crippen LogP contribution in [-0.4, -0.2) is 18.0 Å². The van der Waals surface area contributed by atoms with Crippen molar-refractivity contribution >= 4 is 0 Å². The Morgan fingerprint density at radius 1 is 1.67 bits per heavy atom. The summed E-state index contributed by atoms with van der Waals surface area (Å²) in [6.45, 7) is -0.225. The maximum atomic E-state index is 9.50. The standard InChI is InChI=1S/C4H7NO4/c6-5(7)9-3-8-4-1-2-4/h4H,1-3H2. The van der Waals surface area contributed by atoms with Crippen molar-refractivity contribution < 1.29 is 14.7 Å². The minimum absolute atomic E-state index is 0.213. The second-order valence-electron chi connectivity index (χ2n) is 1.84. The van der Waals surface area contributed by atoms with Gasteiger partial charge in [-0.1, -0.05) is 0 Å². The Morgan fingerprint density at radius 3 is 2.78 bits per heavy atom. The highest BCUT2D eigenvalue weighted by atomic mass is 17.0. The predicted octanol–water partition coefficient (Wildman–Crippen LogP) is 0.331. The third-order valence-electron chi connectivity index (χ3n) is 0.986. The van der Waals surface area contributed by atoms with Crippen molar-refractivity contribution in [3.63, 3.8) is 0 Å². The van der Waals surface area contributed by atoms with E-state index in [1.54, 1.807) is 0 Å². The van der Waals surface area contributed by atoms with Crippen molar-refractivity contribution in [2.24, 2.45) is 0 Å². The number of nitrogens with zero attached hydrogens (tertiary/aromatic N) is 1. The summed E-state index contributed by atoms with van der Waals surface area (Å²) in [5, 5.41) is 8.65. The third kappa shape index (κ3) is 2.86. The Bertz CT molecular complexity index is 111. The number of hydrogen-bond donors (Lipinski definition) is 0. The molecule has 0 amide bonds. The summed E-state index contributed by atoms with van der Waals surface area (Å²) in [7, 11) is 0. The fourth-order valence-electron chi connectivity index (χ4n) is 0.404. The van der Waals surface area contributed by atoms with Crippen molar-refractivity contribution in [3.05, 3.63) is 10.1 Å². The van der Waals surface area contributed by atoms with Gasteiger partial charge >= 0.3 is 0 Å². The summed E-state index contributed by atoms with van der Waals surface area (Å²) >= 11 is 0. The van der Waals surface area contributed by atoms with Crippen LogP contribution in [0.3, 0.4) is 0 Å². The van der Waals surface area contributed by atoms with Crippen LogP contribution in [0.15, 0.2) is 0 Å². The molecule has 1 aliphatic rings. The first-order chi connectivity index (χ1) is 4.29. The van der Waals surface area contributed by atoms with E-state index in [0.29, 0.717) is 0 Å². The molecule has 0 aromatic rings. The van der Waals surface area contributed by atoms with Gasteiger partial charge in [0.1, 0.15) is 0 Å². The minimum atomic E-state index is -0.859. The molecule has 0 bridgehead atoms. The van der Waals surface area contributed by atoms with Crippen molar-refractivity contribution in [2.45, 2.75) is 18.9 Å². The van der Waals surface area contributed by atoms with Crippen LogP contribution in [-0.2, 0) is 9.57 Å². The molecule has 0 aromatic carbocycles. The lowest BCUT2D eigenvalue weighted by molar-refractivity contribution is -0.767. The van der Waals surface area contributed by atoms with Gasteiger partial charge in [-0.2, -0.15) is 0 Å². The lowest BCUT2D eigenvalue weighted by atomic mass is 10.8. The highest BCUT2D eigenvalue weighted by Gasteiger charge is 2.22. The van der Waals surface area contributed by atoms with Gasteiger partial charge in [-0.15, -0.1) is 10.1 Å². The molecule has 0 spiro atoms. The van der Waals surface area contributed by atoms with Crippen LogP contribution in [0.1, 0.15) is 12.8 Å². The van der Waals surface area contributed by atoms with Gasteiger partial charge in [0.2, 0.25) is 0 Å². The highest BCUT2D eigenvalue weighted by molar-refractivity contribution is 4.71. The molecule has 0 radical (unpaired) electrons. The topological polar surface area (TPSA) is 61.6 Å². The molecule has 5 heteroatoms. The van der Waals surface area contributed by atoms with Crippen molar-refractivity contribution in [1.29, 1.82) is 0 Å². The normalized spacial score (nSPS) is 17.3. The van der Waals surface area contributed by atoms with Gasteiger partial charge in [0.25, 0.3) is 5.09 Å². The molecule has 0 aliphatic heterocycles. The van der Waals surface area contributed by atoms with E-state index in [1.807, 2.05) is 0 Å². The number of ether oxygens (including phenoxy) is 1. The summed E-state index contributed by atoms with van der Waals surface area (Å²) < 4.78 is 4.80. The monoisotopic (exact) mass is 133 g/mol. The van der Waals surface area contributed by atoms with E-state index >= 15 is 0 Å². The van der Waals surface area contributed by atoms with Gasteiger partial charge in [-0.25, -0.2) is 0 Å². The molecule has 1 rings (SSSR count). The molecule has 9 heavy (non-hydrogen) atoms. The Balaban J connectivity index is 1.86. The first kappa shape index (κ1) is 6.28. The predicted molar refractivity (Wildman–Crippen MR) is 27.1 cm³/mol. The molecular weight excluding hydrogens is 126 g/mol. The Morgan fingerprint density at radius 2 is 2.33 bits per heavy atom. The van der Waals surface area contributed by atoms with Gasteiger partial charge < -0.3 is 4.74 Å². The van der Waals surface area contributed by atoms with Crippen LogP contribution in [0.4, 0.5) is 0 Å². The zero-order valence-electron chi connectivity index (χ0n) is 4.78. The molecule has 52 valence electrons. The molecule has 1 aliphatic carbocycles. The first-order valence-corrected chi connectivity index (χ1v) is 2.68. The van der Waals surface area contributed by atoms with E-state index in [9.17, 15) is 10.1 Å². The lowest BCUT2D eigenvalue weighted by Gasteiger charge is -1.96. The zero-order valence-corrected chi connectivity index (χ0v) is 4.78. The Kier molecular flexibility index (Phi) is 1.84. The summed E-state index contributed by atoms with van der Waals surface area (Å²) in [6.07, 6.45) is 2.22. The second kappa shape index (κ2) is 2.63. The lowest BCUT2D eigenvalue weighted by Crippen LogP contribution is -2.06. The quantitative estimate of drug-likeness (QED) is 0.315. The molecule has 0 N–H and O–H groups in total. The maximum Gasteiger partial charge on any atom is 0.296 e. The van der Waals surface area contributed by atoms with Gasteiger partial charge in [-0.3, -0.25) is 4.84 Å². The molecular formula is C4H7NO4. The second-order valence-corrected chi connectivity index (χ2v) is 1.84. The maximum absolute atomic E-state index is 9.50. The zero-order chi connectivity index (χ0) is 6.69. The van der Waals surface area contributed by atoms with E-state index in [-0.39, 0.29) is 12.9 Å². The van der Waals surface area contributed by atoms with E-state index in [1.165, 1.54) is 0 Å². The van der Waals surface area contributed by atoms with Crippen LogP contribution >= 0.6 is 0 Å². The van der Waals surface area contributed by atoms with Gasteiger partial charge in [0, 0.05) is 0 Å². The average molecular weight is 133 g/mol. The highest BCUT2D eigenvalue weighted by Crippen LogP contribution is 2.22. The van der Waals surface area contributed by atoms with Gasteiger partial charge in [-0.05, 0) is 12.8 Å². The van der Waals surface area contributed by atoms with Crippen LogP contribution < -0.4 is 0 Å². The fourth-order valence-corrected chi connectivity index (χ4v) is 0.404. The molecule has 1 fully saturated rings. The number of rotatable bonds is 4. The minimum Gasteiger partial charge on any atom is -0.351 e. The van der Waals surface area contributed by atoms with Gasteiger partial charge in [0.05, 0.1) is 6.10 Å². The largest absolute Gasteiger partial charge is 0.351 e. The summed E-state index contributed by atoms with van der Waals surface area (Å²) in [5.74, 6) is 0. The molecule has 5 nitrogen and oxygen atoms in total. The van der Waals surface area contributed by atoms with E-state index < -0.39 is 5.09 Å². The molecule has 0 unspecified atom stereocenters. The van der Waals surface area contributed by atoms with Crippen LogP contribution in [0.2, 0.25) is 0 Å². The summed E-state index contributed by atoms with van der Waals surface area (Å²) in [5.41, 5.74) is 0. The van der Waals surface area contributed by atoms with Crippen molar-refractivity contribution in [2.75, 3.05) is 6.79 Å². The van der Waals surface area contributed by atoms with Crippen molar-refractivity contribution in [3.8, 4) is 0 Å². The third-order valence-corrected chi connectivity index (χ3v) is 0.986. The van der Waals surface area contributed by atoms with Crippen molar-refractivity contribution in [1.82, 2.24) is 0 Å². The summed E-state index contributed by atoms with van der Waals surface area (Å²) in [6, 6.07) is 0. The molecule has 0 atom stereocenters. The van der Waals surface area contributed by atoms with Gasteiger partial charge in [0.15, 0.2) is 6.79 Å². The van der Waals surface area contributed by atoms with Crippen LogP contribution in [0.5, 0.6) is 0 Å². The van der Waals surface area contributed by atoms with Crippen LogP contribution in [0, 0.1) is 10.1 Å².